The number of hydrogen-bond donors (Lipinski definition) is 0. The Bertz CT molecular complexity index is 562. The van der Waals surface area contributed by atoms with Crippen molar-refractivity contribution in [2.45, 2.75) is 13.8 Å². The van der Waals surface area contributed by atoms with Crippen LogP contribution in [0.1, 0.15) is 18.6 Å². The summed E-state index contributed by atoms with van der Waals surface area (Å²) in [5.74, 6) is -0.176. The molecule has 84 valence electrons. The summed E-state index contributed by atoms with van der Waals surface area (Å²) < 4.78 is 1.46. The van der Waals surface area contributed by atoms with Gasteiger partial charge in [0.25, 0.3) is 0 Å². The molecule has 0 fully saturated rings. The average Bonchev–Trinajstić information content (AvgIpc) is 2.59. The maximum absolute atomic E-state index is 11.9. The number of hydrogen-bond acceptors (Lipinski definition) is 3. The molecule has 16 heavy (non-hydrogen) atoms. The highest BCUT2D eigenvalue weighted by Gasteiger charge is 2.16. The molecule has 0 radical (unpaired) electrons. The lowest BCUT2D eigenvalue weighted by Crippen LogP contribution is -2.16. The largest absolute Gasteiger partial charge is 0.282 e. The van der Waals surface area contributed by atoms with Crippen LogP contribution in [0.4, 0.5) is 0 Å². The predicted octanol–water partition coefficient (Wildman–Crippen LogP) is 3.03. The fourth-order valence-corrected chi connectivity index (χ4v) is 1.92. The number of rotatable bonds is 1. The molecule has 2 heterocycles. The third-order valence-electron chi connectivity index (χ3n) is 2.19. The van der Waals surface area contributed by atoms with Crippen LogP contribution in [-0.2, 0) is 0 Å². The van der Waals surface area contributed by atoms with E-state index in [9.17, 15) is 4.79 Å². The molecule has 0 N–H and O–H groups in total. The molecule has 0 spiro atoms. The van der Waals surface area contributed by atoms with E-state index in [2.05, 4.69) is 9.97 Å². The molecule has 0 aliphatic heterocycles. The van der Waals surface area contributed by atoms with Gasteiger partial charge in [-0.05, 0) is 17.7 Å². The van der Waals surface area contributed by atoms with E-state index in [0.29, 0.717) is 11.0 Å². The van der Waals surface area contributed by atoms with Crippen LogP contribution in [0, 0.1) is 5.92 Å². The lowest BCUT2D eigenvalue weighted by Gasteiger charge is -2.07. The van der Waals surface area contributed by atoms with Gasteiger partial charge in [0.05, 0.1) is 5.52 Å². The van der Waals surface area contributed by atoms with Gasteiger partial charge >= 0.3 is 0 Å². The Hall–Kier alpha value is -1.13. The van der Waals surface area contributed by atoms with Crippen LogP contribution in [0.25, 0.3) is 11.0 Å². The number of fused-ring (bicyclic) bond motifs is 1. The van der Waals surface area contributed by atoms with Crippen LogP contribution < -0.4 is 0 Å². The summed E-state index contributed by atoms with van der Waals surface area (Å²) in [6.45, 7) is 3.64. The van der Waals surface area contributed by atoms with Gasteiger partial charge in [0.2, 0.25) is 11.2 Å². The predicted molar refractivity (Wildman–Crippen MR) is 63.0 cm³/mol. The van der Waals surface area contributed by atoms with E-state index in [1.165, 1.54) is 4.57 Å². The van der Waals surface area contributed by atoms with Gasteiger partial charge in [-0.15, -0.1) is 0 Å². The van der Waals surface area contributed by atoms with E-state index < -0.39 is 0 Å². The van der Waals surface area contributed by atoms with Gasteiger partial charge in [-0.3, -0.25) is 9.36 Å². The third-order valence-corrected chi connectivity index (χ3v) is 2.63. The van der Waals surface area contributed by atoms with Crippen molar-refractivity contribution >= 4 is 40.1 Å². The topological polar surface area (TPSA) is 47.8 Å². The van der Waals surface area contributed by atoms with Gasteiger partial charge in [0.15, 0.2) is 5.15 Å². The maximum Gasteiger partial charge on any atom is 0.233 e. The lowest BCUT2D eigenvalue weighted by molar-refractivity contribution is 0.0860. The van der Waals surface area contributed by atoms with Gasteiger partial charge in [0.1, 0.15) is 5.52 Å². The highest BCUT2D eigenvalue weighted by molar-refractivity contribution is 6.35. The fraction of sp³-hybridized carbons (Fsp3) is 0.300. The second-order valence-electron chi connectivity index (χ2n) is 3.70. The van der Waals surface area contributed by atoms with Crippen molar-refractivity contribution in [3.05, 3.63) is 22.7 Å². The van der Waals surface area contributed by atoms with E-state index in [0.717, 1.165) is 0 Å². The molecule has 0 amide bonds. The molecular weight excluding hydrogens is 249 g/mol. The summed E-state index contributed by atoms with van der Waals surface area (Å²) in [7, 11) is 0. The van der Waals surface area contributed by atoms with Crippen LogP contribution >= 0.6 is 23.2 Å². The first kappa shape index (κ1) is 11.4. The van der Waals surface area contributed by atoms with E-state index in [-0.39, 0.29) is 22.3 Å². The molecule has 2 rings (SSSR count). The van der Waals surface area contributed by atoms with Crippen molar-refractivity contribution in [2.75, 3.05) is 0 Å². The normalized spacial score (nSPS) is 11.3. The third kappa shape index (κ3) is 1.79. The van der Waals surface area contributed by atoms with Gasteiger partial charge in [-0.2, -0.15) is 0 Å². The molecule has 0 unspecified atom stereocenters. The summed E-state index contributed by atoms with van der Waals surface area (Å²) in [5.41, 5.74) is 1.07. The zero-order chi connectivity index (χ0) is 11.9. The maximum atomic E-state index is 11.9. The van der Waals surface area contributed by atoms with Gasteiger partial charge < -0.3 is 0 Å². The average molecular weight is 258 g/mol. The standard InChI is InChI=1S/C10H9Cl2N3O/c1-5(2)9(16)15-4-3-6-7(15)8(11)14-10(12)13-6/h3-5H,1-2H3. The monoisotopic (exact) mass is 257 g/mol. The molecule has 0 saturated carbocycles. The Morgan fingerprint density at radius 3 is 2.69 bits per heavy atom. The zero-order valence-electron chi connectivity index (χ0n) is 8.74. The highest BCUT2D eigenvalue weighted by Crippen LogP contribution is 2.23. The summed E-state index contributed by atoms with van der Waals surface area (Å²) in [4.78, 5) is 19.7. The lowest BCUT2D eigenvalue weighted by atomic mass is 10.2. The Kier molecular flexibility index (Phi) is 2.86. The van der Waals surface area contributed by atoms with Crippen LogP contribution in [0.5, 0.6) is 0 Å². The molecule has 0 saturated heterocycles. The van der Waals surface area contributed by atoms with E-state index in [4.69, 9.17) is 23.2 Å². The minimum absolute atomic E-state index is 0.0529. The van der Waals surface area contributed by atoms with Crippen molar-refractivity contribution in [1.82, 2.24) is 14.5 Å². The second-order valence-corrected chi connectivity index (χ2v) is 4.39. The minimum atomic E-state index is -0.123. The summed E-state index contributed by atoms with van der Waals surface area (Å²) >= 11 is 11.6. The van der Waals surface area contributed by atoms with Crippen molar-refractivity contribution < 1.29 is 4.79 Å². The molecule has 4 nitrogen and oxygen atoms in total. The van der Waals surface area contributed by atoms with Gasteiger partial charge in [0, 0.05) is 12.1 Å². The number of nitrogens with zero attached hydrogens (tertiary/aromatic N) is 3. The van der Waals surface area contributed by atoms with Crippen molar-refractivity contribution in [3.63, 3.8) is 0 Å². The van der Waals surface area contributed by atoms with Crippen LogP contribution in [0.15, 0.2) is 12.3 Å². The molecule has 6 heteroatoms. The minimum Gasteiger partial charge on any atom is -0.282 e. The molecule has 2 aromatic heterocycles. The van der Waals surface area contributed by atoms with Gasteiger partial charge in [-0.25, -0.2) is 9.97 Å². The molecule has 0 atom stereocenters. The second kappa shape index (κ2) is 4.03. The molecular formula is C10H9Cl2N3O. The van der Waals surface area contributed by atoms with Crippen molar-refractivity contribution in [2.24, 2.45) is 5.92 Å². The molecule has 0 aliphatic carbocycles. The summed E-state index contributed by atoms with van der Waals surface area (Å²) in [6.07, 6.45) is 1.63. The Morgan fingerprint density at radius 2 is 2.06 bits per heavy atom. The van der Waals surface area contributed by atoms with E-state index in [1.54, 1.807) is 12.3 Å². The Balaban J connectivity index is 2.69. The van der Waals surface area contributed by atoms with E-state index >= 15 is 0 Å². The Labute approximate surface area is 102 Å². The number of carbonyl (C=O) groups is 1. The number of aromatic nitrogens is 3. The zero-order valence-corrected chi connectivity index (χ0v) is 10.2. The first-order chi connectivity index (χ1) is 7.50. The molecule has 2 aromatic rings. The summed E-state index contributed by atoms with van der Waals surface area (Å²) in [6, 6.07) is 1.69. The quantitative estimate of drug-likeness (QED) is 0.583. The first-order valence-electron chi connectivity index (χ1n) is 4.75. The van der Waals surface area contributed by atoms with Crippen molar-refractivity contribution in [1.29, 1.82) is 0 Å². The highest BCUT2D eigenvalue weighted by atomic mass is 35.5. The smallest absolute Gasteiger partial charge is 0.233 e. The van der Waals surface area contributed by atoms with Gasteiger partial charge in [-0.1, -0.05) is 25.4 Å². The first-order valence-corrected chi connectivity index (χ1v) is 5.50. The van der Waals surface area contributed by atoms with Crippen LogP contribution in [0.3, 0.4) is 0 Å². The number of carbonyl (C=O) groups excluding carboxylic acids is 1. The van der Waals surface area contributed by atoms with Crippen LogP contribution in [0.2, 0.25) is 10.4 Å². The van der Waals surface area contributed by atoms with Crippen molar-refractivity contribution in [3.8, 4) is 0 Å². The molecule has 0 aromatic carbocycles. The molecule has 0 bridgehead atoms. The van der Waals surface area contributed by atoms with Crippen LogP contribution in [-0.4, -0.2) is 20.4 Å². The number of halogens is 2. The fourth-order valence-electron chi connectivity index (χ4n) is 1.44. The summed E-state index contributed by atoms with van der Waals surface area (Å²) in [5, 5.41) is 0.265. The molecule has 0 aliphatic rings. The Morgan fingerprint density at radius 1 is 1.38 bits per heavy atom. The van der Waals surface area contributed by atoms with E-state index in [1.807, 2.05) is 13.8 Å². The SMILES string of the molecule is CC(C)C(=O)n1ccc2nc(Cl)nc(Cl)c21.